The minimum absolute atomic E-state index is 0.297. The average Bonchev–Trinajstić information content (AvgIpc) is 3.17. The first-order valence-electron chi connectivity index (χ1n) is 7.49. The molecule has 2 aromatic rings. The number of piperidine rings is 1. The zero-order chi connectivity index (χ0) is 13.6. The topological polar surface area (TPSA) is 21.3 Å². The van der Waals surface area contributed by atoms with Crippen LogP contribution in [0.3, 0.4) is 0 Å². The lowest BCUT2D eigenvalue weighted by molar-refractivity contribution is 0.112. The first-order chi connectivity index (χ1) is 9.80. The zero-order valence-corrected chi connectivity index (χ0v) is 12.0. The molecule has 1 aliphatic carbocycles. The summed E-state index contributed by atoms with van der Waals surface area (Å²) in [7, 11) is 1.83. The van der Waals surface area contributed by atoms with Crippen molar-refractivity contribution >= 4 is 10.8 Å². The Hall–Kier alpha value is -1.38. The van der Waals surface area contributed by atoms with Crippen molar-refractivity contribution in [1.82, 2.24) is 5.32 Å². The maximum absolute atomic E-state index is 5.53. The summed E-state index contributed by atoms with van der Waals surface area (Å²) in [6.45, 7) is 3.11. The first-order valence-corrected chi connectivity index (χ1v) is 7.49. The number of methoxy groups -OCH3 is 1. The Labute approximate surface area is 120 Å². The molecule has 2 nitrogen and oxygen atoms in total. The van der Waals surface area contributed by atoms with Crippen molar-refractivity contribution < 1.29 is 4.74 Å². The minimum atomic E-state index is 0.297. The number of ether oxygens (including phenoxy) is 1. The molecule has 104 valence electrons. The molecular formula is C18H21NO. The highest BCUT2D eigenvalue weighted by molar-refractivity contribution is 5.83. The summed E-state index contributed by atoms with van der Waals surface area (Å²) in [5.74, 6) is 0. The quantitative estimate of drug-likeness (QED) is 0.922. The van der Waals surface area contributed by atoms with Gasteiger partial charge < -0.3 is 10.1 Å². The van der Waals surface area contributed by atoms with Crippen LogP contribution >= 0.6 is 0 Å². The van der Waals surface area contributed by atoms with E-state index in [4.69, 9.17) is 4.74 Å². The Morgan fingerprint density at radius 1 is 1.15 bits per heavy atom. The third kappa shape index (κ3) is 1.58. The number of benzene rings is 2. The fraction of sp³-hybridized carbons (Fsp3) is 0.444. The number of rotatable bonds is 3. The summed E-state index contributed by atoms with van der Waals surface area (Å²) >= 11 is 0. The van der Waals surface area contributed by atoms with Gasteiger partial charge in [0.25, 0.3) is 0 Å². The molecule has 2 aliphatic rings. The molecule has 2 fully saturated rings. The van der Waals surface area contributed by atoms with Crippen LogP contribution in [0.1, 0.15) is 18.4 Å². The van der Waals surface area contributed by atoms with E-state index in [9.17, 15) is 0 Å². The Bertz CT molecular complexity index is 649. The third-order valence-electron chi connectivity index (χ3n) is 5.46. The predicted octanol–water partition coefficient (Wildman–Crippen LogP) is 3.11. The van der Waals surface area contributed by atoms with Crippen LogP contribution in [0.2, 0.25) is 0 Å². The molecule has 2 heteroatoms. The van der Waals surface area contributed by atoms with E-state index in [1.807, 2.05) is 7.11 Å². The van der Waals surface area contributed by atoms with E-state index in [0.717, 1.165) is 19.7 Å². The van der Waals surface area contributed by atoms with Crippen LogP contribution in [-0.4, -0.2) is 26.8 Å². The van der Waals surface area contributed by atoms with Crippen LogP contribution in [0, 0.1) is 5.41 Å². The zero-order valence-electron chi connectivity index (χ0n) is 12.0. The normalized spacial score (nSPS) is 32.0. The van der Waals surface area contributed by atoms with Gasteiger partial charge in [0.05, 0.1) is 6.61 Å². The average molecular weight is 267 g/mol. The molecule has 0 unspecified atom stereocenters. The van der Waals surface area contributed by atoms with Crippen molar-refractivity contribution in [2.75, 3.05) is 26.8 Å². The molecule has 4 rings (SSSR count). The molecular weight excluding hydrogens is 246 g/mol. The highest BCUT2D eigenvalue weighted by Crippen LogP contribution is 2.67. The molecule has 1 N–H and O–H groups in total. The van der Waals surface area contributed by atoms with E-state index < -0.39 is 0 Å². The van der Waals surface area contributed by atoms with E-state index in [0.29, 0.717) is 10.8 Å². The SMILES string of the molecule is COC[C@@]12CCNC[C@@]1(c1ccc3ccccc3c1)C2. The maximum Gasteiger partial charge on any atom is 0.0528 e. The van der Waals surface area contributed by atoms with Crippen molar-refractivity contribution in [3.63, 3.8) is 0 Å². The molecule has 0 bridgehead atoms. The first kappa shape index (κ1) is 12.4. The molecule has 2 atom stereocenters. The largest absolute Gasteiger partial charge is 0.384 e. The molecule has 1 heterocycles. The molecule has 1 saturated carbocycles. The molecule has 1 aliphatic heterocycles. The highest BCUT2D eigenvalue weighted by atomic mass is 16.5. The van der Waals surface area contributed by atoms with Gasteiger partial charge in [-0.1, -0.05) is 42.5 Å². The van der Waals surface area contributed by atoms with Gasteiger partial charge in [-0.15, -0.1) is 0 Å². The molecule has 0 amide bonds. The number of hydrogen-bond acceptors (Lipinski definition) is 2. The fourth-order valence-corrected chi connectivity index (χ4v) is 4.28. The summed E-state index contributed by atoms with van der Waals surface area (Å²) in [5.41, 5.74) is 2.15. The van der Waals surface area contributed by atoms with Crippen molar-refractivity contribution in [3.05, 3.63) is 48.0 Å². The Morgan fingerprint density at radius 3 is 2.85 bits per heavy atom. The van der Waals surface area contributed by atoms with Gasteiger partial charge >= 0.3 is 0 Å². The van der Waals surface area contributed by atoms with Crippen molar-refractivity contribution in [2.24, 2.45) is 5.41 Å². The second-order valence-electron chi connectivity index (χ2n) is 6.46. The number of fused-ring (bicyclic) bond motifs is 2. The smallest absolute Gasteiger partial charge is 0.0528 e. The van der Waals surface area contributed by atoms with Gasteiger partial charge in [0, 0.05) is 24.5 Å². The van der Waals surface area contributed by atoms with Crippen LogP contribution in [0.25, 0.3) is 10.8 Å². The van der Waals surface area contributed by atoms with E-state index in [1.54, 1.807) is 0 Å². The molecule has 2 aromatic carbocycles. The Balaban J connectivity index is 1.78. The summed E-state index contributed by atoms with van der Waals surface area (Å²) in [6, 6.07) is 15.6. The van der Waals surface area contributed by atoms with Gasteiger partial charge in [-0.05, 0) is 35.7 Å². The van der Waals surface area contributed by atoms with E-state index in [1.165, 1.54) is 29.2 Å². The highest BCUT2D eigenvalue weighted by Gasteiger charge is 2.68. The van der Waals surface area contributed by atoms with Crippen LogP contribution < -0.4 is 5.32 Å². The summed E-state index contributed by atoms with van der Waals surface area (Å²) < 4.78 is 5.53. The summed E-state index contributed by atoms with van der Waals surface area (Å²) in [5, 5.41) is 6.27. The van der Waals surface area contributed by atoms with Gasteiger partial charge in [-0.25, -0.2) is 0 Å². The van der Waals surface area contributed by atoms with Gasteiger partial charge in [-0.2, -0.15) is 0 Å². The second kappa shape index (κ2) is 4.31. The monoisotopic (exact) mass is 267 g/mol. The summed E-state index contributed by atoms with van der Waals surface area (Å²) in [6.07, 6.45) is 2.49. The van der Waals surface area contributed by atoms with Gasteiger partial charge in [0.2, 0.25) is 0 Å². The van der Waals surface area contributed by atoms with Gasteiger partial charge in [0.15, 0.2) is 0 Å². The third-order valence-corrected chi connectivity index (χ3v) is 5.46. The molecule has 0 spiro atoms. The van der Waals surface area contributed by atoms with Crippen LogP contribution in [0.5, 0.6) is 0 Å². The van der Waals surface area contributed by atoms with Gasteiger partial charge in [0.1, 0.15) is 0 Å². The van der Waals surface area contributed by atoms with E-state index in [2.05, 4.69) is 47.8 Å². The molecule has 0 radical (unpaired) electrons. The maximum atomic E-state index is 5.53. The van der Waals surface area contributed by atoms with Gasteiger partial charge in [-0.3, -0.25) is 0 Å². The number of hydrogen-bond donors (Lipinski definition) is 1. The van der Waals surface area contributed by atoms with Crippen molar-refractivity contribution in [1.29, 1.82) is 0 Å². The standard InChI is InChI=1S/C18H21NO/c1-20-13-17-8-9-19-12-18(17,11-17)16-7-6-14-4-2-3-5-15(14)10-16/h2-7,10,19H,8-9,11-13H2,1H3/t17-,18+/m0/s1. The second-order valence-corrected chi connectivity index (χ2v) is 6.46. The van der Waals surface area contributed by atoms with Crippen LogP contribution in [0.15, 0.2) is 42.5 Å². The fourth-order valence-electron chi connectivity index (χ4n) is 4.28. The van der Waals surface area contributed by atoms with Crippen LogP contribution in [0.4, 0.5) is 0 Å². The summed E-state index contributed by atoms with van der Waals surface area (Å²) in [4.78, 5) is 0. The molecule has 0 aromatic heterocycles. The number of nitrogens with one attached hydrogen (secondary N) is 1. The lowest BCUT2D eigenvalue weighted by Crippen LogP contribution is -2.40. The van der Waals surface area contributed by atoms with Crippen molar-refractivity contribution in [2.45, 2.75) is 18.3 Å². The minimum Gasteiger partial charge on any atom is -0.384 e. The van der Waals surface area contributed by atoms with Crippen LogP contribution in [-0.2, 0) is 10.2 Å². The predicted molar refractivity (Wildman–Crippen MR) is 82.0 cm³/mol. The lowest BCUT2D eigenvalue weighted by atomic mass is 9.81. The molecule has 1 saturated heterocycles. The Morgan fingerprint density at radius 2 is 2.00 bits per heavy atom. The Kier molecular flexibility index (Phi) is 2.66. The lowest BCUT2D eigenvalue weighted by Gasteiger charge is -2.31. The molecule has 20 heavy (non-hydrogen) atoms. The van der Waals surface area contributed by atoms with Crippen molar-refractivity contribution in [3.8, 4) is 0 Å². The van der Waals surface area contributed by atoms with E-state index >= 15 is 0 Å². The van der Waals surface area contributed by atoms with E-state index in [-0.39, 0.29) is 0 Å².